The summed E-state index contributed by atoms with van der Waals surface area (Å²) < 4.78 is 18.0. The van der Waals surface area contributed by atoms with Crippen molar-refractivity contribution in [1.29, 1.82) is 0 Å². The molecule has 0 saturated carbocycles. The lowest BCUT2D eigenvalue weighted by atomic mass is 10.2. The second kappa shape index (κ2) is 5.59. The Labute approximate surface area is 90.4 Å². The number of rotatable bonds is 5. The van der Waals surface area contributed by atoms with Crippen LogP contribution in [-0.2, 0) is 0 Å². The average molecular weight is 211 g/mol. The van der Waals surface area contributed by atoms with Gasteiger partial charge in [-0.2, -0.15) is 0 Å². The molecule has 0 aliphatic rings. The van der Waals surface area contributed by atoms with Gasteiger partial charge in [0.1, 0.15) is 11.6 Å². The van der Waals surface area contributed by atoms with Crippen molar-refractivity contribution in [3.05, 3.63) is 24.0 Å². The van der Waals surface area contributed by atoms with Crippen LogP contribution in [0.4, 0.5) is 10.1 Å². The molecule has 0 bridgehead atoms. The molecule has 0 spiro atoms. The lowest BCUT2D eigenvalue weighted by Crippen LogP contribution is -2.15. The van der Waals surface area contributed by atoms with E-state index in [4.69, 9.17) is 4.74 Å². The topological polar surface area (TPSA) is 21.3 Å². The van der Waals surface area contributed by atoms with Crippen LogP contribution in [0.15, 0.2) is 18.2 Å². The van der Waals surface area contributed by atoms with E-state index in [1.165, 1.54) is 12.1 Å². The van der Waals surface area contributed by atoms with Gasteiger partial charge in [0.2, 0.25) is 0 Å². The van der Waals surface area contributed by atoms with Crippen LogP contribution >= 0.6 is 0 Å². The van der Waals surface area contributed by atoms with Gasteiger partial charge in [-0.1, -0.05) is 13.3 Å². The van der Waals surface area contributed by atoms with Crippen LogP contribution in [0.5, 0.6) is 5.75 Å². The zero-order chi connectivity index (χ0) is 11.3. The molecule has 0 fully saturated rings. The molecule has 1 atom stereocenters. The van der Waals surface area contributed by atoms with E-state index in [0.717, 1.165) is 18.5 Å². The Morgan fingerprint density at radius 3 is 2.80 bits per heavy atom. The summed E-state index contributed by atoms with van der Waals surface area (Å²) in [7, 11) is 1.55. The Morgan fingerprint density at radius 1 is 1.47 bits per heavy atom. The predicted molar refractivity (Wildman–Crippen MR) is 60.9 cm³/mol. The van der Waals surface area contributed by atoms with Crippen molar-refractivity contribution >= 4 is 5.69 Å². The fraction of sp³-hybridized carbons (Fsp3) is 0.500. The van der Waals surface area contributed by atoms with Gasteiger partial charge in [-0.15, -0.1) is 0 Å². The second-order valence-corrected chi connectivity index (χ2v) is 3.68. The maximum Gasteiger partial charge on any atom is 0.144 e. The van der Waals surface area contributed by atoms with E-state index in [0.29, 0.717) is 11.8 Å². The number of hydrogen-bond donors (Lipinski definition) is 1. The van der Waals surface area contributed by atoms with Crippen molar-refractivity contribution in [2.75, 3.05) is 12.4 Å². The molecule has 0 aliphatic carbocycles. The van der Waals surface area contributed by atoms with Crippen LogP contribution in [0.1, 0.15) is 26.7 Å². The highest BCUT2D eigenvalue weighted by atomic mass is 19.1. The highest BCUT2D eigenvalue weighted by Crippen LogP contribution is 2.25. The van der Waals surface area contributed by atoms with Crippen LogP contribution in [-0.4, -0.2) is 13.2 Å². The summed E-state index contributed by atoms with van der Waals surface area (Å²) in [5, 5.41) is 3.30. The lowest BCUT2D eigenvalue weighted by molar-refractivity contribution is 0.412. The second-order valence-electron chi connectivity index (χ2n) is 3.68. The van der Waals surface area contributed by atoms with Gasteiger partial charge in [0.05, 0.1) is 12.8 Å². The summed E-state index contributed by atoms with van der Waals surface area (Å²) in [6.07, 6.45) is 2.21. The van der Waals surface area contributed by atoms with Crippen LogP contribution in [0.2, 0.25) is 0 Å². The number of hydrogen-bond acceptors (Lipinski definition) is 2. The summed E-state index contributed by atoms with van der Waals surface area (Å²) in [5.74, 6) is 0.276. The quantitative estimate of drug-likeness (QED) is 0.805. The monoisotopic (exact) mass is 211 g/mol. The molecular formula is C12H18FNO. The standard InChI is InChI=1S/C12H18FNO/c1-4-5-9(2)14-11-7-6-10(13)8-12(11)15-3/h6-9,14H,4-5H2,1-3H3. The number of methoxy groups -OCH3 is 1. The molecule has 0 aliphatic heterocycles. The molecule has 1 rings (SSSR count). The Balaban J connectivity index is 2.75. The van der Waals surface area contributed by atoms with Crippen molar-refractivity contribution in [2.24, 2.45) is 0 Å². The van der Waals surface area contributed by atoms with E-state index in [1.807, 2.05) is 0 Å². The first-order chi connectivity index (χ1) is 7.17. The van der Waals surface area contributed by atoms with Crippen molar-refractivity contribution in [3.8, 4) is 5.75 Å². The van der Waals surface area contributed by atoms with Gasteiger partial charge < -0.3 is 10.1 Å². The smallest absolute Gasteiger partial charge is 0.144 e. The summed E-state index contributed by atoms with van der Waals surface area (Å²) in [6, 6.07) is 4.90. The number of ether oxygens (including phenoxy) is 1. The minimum atomic E-state index is -0.277. The molecule has 15 heavy (non-hydrogen) atoms. The normalized spacial score (nSPS) is 12.3. The molecule has 0 saturated heterocycles. The van der Waals surface area contributed by atoms with Crippen LogP contribution < -0.4 is 10.1 Å². The Morgan fingerprint density at radius 2 is 2.20 bits per heavy atom. The SMILES string of the molecule is CCCC(C)Nc1ccc(F)cc1OC. The number of halogens is 1. The molecule has 2 nitrogen and oxygen atoms in total. The molecule has 0 aromatic heterocycles. The first-order valence-electron chi connectivity index (χ1n) is 5.27. The third-order valence-corrected chi connectivity index (χ3v) is 2.29. The summed E-state index contributed by atoms with van der Waals surface area (Å²) in [4.78, 5) is 0. The van der Waals surface area contributed by atoms with Gasteiger partial charge >= 0.3 is 0 Å². The van der Waals surface area contributed by atoms with E-state index in [2.05, 4.69) is 19.2 Å². The Bertz CT molecular complexity index is 314. The third-order valence-electron chi connectivity index (χ3n) is 2.29. The van der Waals surface area contributed by atoms with Gasteiger partial charge in [-0.25, -0.2) is 4.39 Å². The molecule has 3 heteroatoms. The van der Waals surface area contributed by atoms with E-state index in [-0.39, 0.29) is 5.82 Å². The third kappa shape index (κ3) is 3.42. The zero-order valence-corrected chi connectivity index (χ0v) is 9.51. The van der Waals surface area contributed by atoms with Gasteiger partial charge in [0, 0.05) is 12.1 Å². The molecule has 1 aromatic rings. The maximum atomic E-state index is 12.9. The molecular weight excluding hydrogens is 193 g/mol. The van der Waals surface area contributed by atoms with Crippen LogP contribution in [0, 0.1) is 5.82 Å². The van der Waals surface area contributed by atoms with Crippen molar-refractivity contribution in [3.63, 3.8) is 0 Å². The highest BCUT2D eigenvalue weighted by molar-refractivity contribution is 5.56. The van der Waals surface area contributed by atoms with Crippen molar-refractivity contribution in [2.45, 2.75) is 32.7 Å². The van der Waals surface area contributed by atoms with Gasteiger partial charge in [-0.05, 0) is 25.5 Å². The Hall–Kier alpha value is -1.25. The lowest BCUT2D eigenvalue weighted by Gasteiger charge is -2.16. The minimum absolute atomic E-state index is 0.277. The average Bonchev–Trinajstić information content (AvgIpc) is 2.21. The first-order valence-corrected chi connectivity index (χ1v) is 5.27. The predicted octanol–water partition coefficient (Wildman–Crippen LogP) is 3.43. The summed E-state index contributed by atoms with van der Waals surface area (Å²) >= 11 is 0. The largest absolute Gasteiger partial charge is 0.494 e. The summed E-state index contributed by atoms with van der Waals surface area (Å²) in [6.45, 7) is 4.24. The molecule has 1 unspecified atom stereocenters. The molecule has 1 N–H and O–H groups in total. The van der Waals surface area contributed by atoms with E-state index in [9.17, 15) is 4.39 Å². The van der Waals surface area contributed by atoms with Gasteiger partial charge in [0.15, 0.2) is 0 Å². The van der Waals surface area contributed by atoms with Crippen LogP contribution in [0.25, 0.3) is 0 Å². The van der Waals surface area contributed by atoms with E-state index in [1.54, 1.807) is 13.2 Å². The van der Waals surface area contributed by atoms with E-state index >= 15 is 0 Å². The van der Waals surface area contributed by atoms with Gasteiger partial charge in [0.25, 0.3) is 0 Å². The number of benzene rings is 1. The zero-order valence-electron chi connectivity index (χ0n) is 9.51. The van der Waals surface area contributed by atoms with E-state index < -0.39 is 0 Å². The maximum absolute atomic E-state index is 12.9. The first kappa shape index (κ1) is 11.8. The molecule has 0 amide bonds. The summed E-state index contributed by atoms with van der Waals surface area (Å²) in [5.41, 5.74) is 0.847. The highest BCUT2D eigenvalue weighted by Gasteiger charge is 2.07. The van der Waals surface area contributed by atoms with Gasteiger partial charge in [-0.3, -0.25) is 0 Å². The van der Waals surface area contributed by atoms with Crippen LogP contribution in [0.3, 0.4) is 0 Å². The van der Waals surface area contributed by atoms with Crippen molar-refractivity contribution in [1.82, 2.24) is 0 Å². The number of anilines is 1. The Kier molecular flexibility index (Phi) is 4.40. The molecule has 0 heterocycles. The fourth-order valence-corrected chi connectivity index (χ4v) is 1.55. The molecule has 0 radical (unpaired) electrons. The fourth-order valence-electron chi connectivity index (χ4n) is 1.55. The number of nitrogens with one attached hydrogen (secondary N) is 1. The molecule has 1 aromatic carbocycles. The minimum Gasteiger partial charge on any atom is -0.494 e. The van der Waals surface area contributed by atoms with Crippen molar-refractivity contribution < 1.29 is 9.13 Å². The molecule has 84 valence electrons.